The molecule has 0 atom stereocenters. The molecule has 2 N–H and O–H groups in total. The fraction of sp³-hybridized carbons (Fsp3) is 0.455. The van der Waals surface area contributed by atoms with Gasteiger partial charge in [-0.25, -0.2) is 18.6 Å². The number of ether oxygens (including phenoxy) is 1. The van der Waals surface area contributed by atoms with Crippen molar-refractivity contribution in [2.24, 2.45) is 4.99 Å². The van der Waals surface area contributed by atoms with E-state index in [1.165, 1.54) is 0 Å². The van der Waals surface area contributed by atoms with Crippen molar-refractivity contribution in [1.29, 1.82) is 0 Å². The minimum Gasteiger partial charge on any atom is -0.450 e. The third-order valence-corrected chi connectivity index (χ3v) is 4.95. The molecule has 1 aromatic carbocycles. The Morgan fingerprint density at radius 2 is 2.00 bits per heavy atom. The van der Waals surface area contributed by atoms with Crippen molar-refractivity contribution >= 4 is 41.4 Å². The van der Waals surface area contributed by atoms with E-state index in [4.69, 9.17) is 16.3 Å². The predicted octanol–water partition coefficient (Wildman–Crippen LogP) is 5.01. The van der Waals surface area contributed by atoms with Crippen LogP contribution in [0, 0.1) is 18.6 Å². The second-order valence-corrected chi connectivity index (χ2v) is 7.83. The normalized spacial score (nSPS) is 11.0. The Labute approximate surface area is 197 Å². The van der Waals surface area contributed by atoms with Crippen molar-refractivity contribution in [3.8, 4) is 0 Å². The number of amides is 1. The molecule has 0 saturated carbocycles. The zero-order valence-corrected chi connectivity index (χ0v) is 20.0. The third kappa shape index (κ3) is 7.81. The van der Waals surface area contributed by atoms with Crippen molar-refractivity contribution in [3.05, 3.63) is 40.0 Å². The summed E-state index contributed by atoms with van der Waals surface area (Å²) in [5, 5.41) is 5.16. The maximum Gasteiger partial charge on any atom is 0.407 e. The van der Waals surface area contributed by atoms with Crippen LogP contribution in [-0.2, 0) is 11.3 Å². The molecule has 0 aliphatic rings. The maximum absolute atomic E-state index is 13.8. The van der Waals surface area contributed by atoms with Crippen molar-refractivity contribution in [2.75, 3.05) is 38.0 Å². The molecule has 0 fully saturated rings. The van der Waals surface area contributed by atoms with Crippen LogP contribution in [0.4, 0.5) is 31.0 Å². The van der Waals surface area contributed by atoms with Gasteiger partial charge in [-0.15, -0.1) is 0 Å². The van der Waals surface area contributed by atoms with Crippen LogP contribution < -0.4 is 15.5 Å². The molecule has 2 aromatic rings. The molecule has 33 heavy (non-hydrogen) atoms. The number of carbonyl (C=O) groups is 1. The van der Waals surface area contributed by atoms with Gasteiger partial charge in [0, 0.05) is 32.9 Å². The van der Waals surface area contributed by atoms with Crippen molar-refractivity contribution in [3.63, 3.8) is 0 Å². The first-order chi connectivity index (χ1) is 15.7. The molecule has 0 saturated heterocycles. The lowest BCUT2D eigenvalue weighted by atomic mass is 10.2. The van der Waals surface area contributed by atoms with Crippen LogP contribution in [0.3, 0.4) is 0 Å². The lowest BCUT2D eigenvalue weighted by Gasteiger charge is -2.14. The van der Waals surface area contributed by atoms with Crippen LogP contribution in [0.25, 0.3) is 0 Å². The summed E-state index contributed by atoms with van der Waals surface area (Å²) in [6.45, 7) is 1.74. The number of anilines is 2. The second-order valence-electron chi connectivity index (χ2n) is 7.42. The molecule has 0 bridgehead atoms. The Morgan fingerprint density at radius 1 is 1.24 bits per heavy atom. The molecule has 1 heterocycles. The highest BCUT2D eigenvalue weighted by molar-refractivity contribution is 6.30. The second kappa shape index (κ2) is 12.9. The number of benzene rings is 1. The van der Waals surface area contributed by atoms with E-state index < -0.39 is 17.7 Å². The van der Waals surface area contributed by atoms with Gasteiger partial charge in [0.1, 0.15) is 17.3 Å². The van der Waals surface area contributed by atoms with E-state index >= 15 is 0 Å². The van der Waals surface area contributed by atoms with E-state index in [0.29, 0.717) is 23.9 Å². The summed E-state index contributed by atoms with van der Waals surface area (Å²) in [4.78, 5) is 26.9. The van der Waals surface area contributed by atoms with Gasteiger partial charge in [-0.1, -0.05) is 11.6 Å². The van der Waals surface area contributed by atoms with Gasteiger partial charge in [-0.05, 0) is 44.7 Å². The van der Waals surface area contributed by atoms with Crippen LogP contribution >= 0.6 is 11.6 Å². The highest BCUT2D eigenvalue weighted by Gasteiger charge is 2.14. The number of nitrogens with one attached hydrogen (secondary N) is 2. The molecule has 0 aliphatic carbocycles. The number of hydrogen-bond donors (Lipinski definition) is 2. The topological polar surface area (TPSA) is 91.7 Å². The van der Waals surface area contributed by atoms with Crippen LogP contribution in [0.15, 0.2) is 17.1 Å². The van der Waals surface area contributed by atoms with E-state index in [1.54, 1.807) is 7.05 Å². The van der Waals surface area contributed by atoms with E-state index in [-0.39, 0.29) is 23.7 Å². The third-order valence-electron chi connectivity index (χ3n) is 4.66. The van der Waals surface area contributed by atoms with E-state index in [0.717, 1.165) is 37.1 Å². The highest BCUT2D eigenvalue weighted by atomic mass is 35.5. The Morgan fingerprint density at radius 3 is 2.70 bits per heavy atom. The molecular weight excluding hydrogens is 454 g/mol. The molecule has 1 aromatic heterocycles. The van der Waals surface area contributed by atoms with E-state index in [1.807, 2.05) is 32.1 Å². The van der Waals surface area contributed by atoms with Crippen LogP contribution in [0.2, 0.25) is 5.02 Å². The number of aryl methyl sites for hydroxylation is 1. The molecule has 0 spiro atoms. The molecule has 1 amide bonds. The van der Waals surface area contributed by atoms with Gasteiger partial charge in [-0.2, -0.15) is 4.98 Å². The predicted molar refractivity (Wildman–Crippen MR) is 127 cm³/mol. The SMILES string of the molecule is CNc1nc(N(C)C)nc(C)c1/N=C\CCCCCOC(=O)NCc1c(F)ccc(Cl)c1F. The van der Waals surface area contributed by atoms with Gasteiger partial charge in [0.15, 0.2) is 5.82 Å². The number of hydrogen-bond acceptors (Lipinski definition) is 7. The van der Waals surface area contributed by atoms with E-state index in [2.05, 4.69) is 25.6 Å². The average Bonchev–Trinajstić information content (AvgIpc) is 2.78. The summed E-state index contributed by atoms with van der Waals surface area (Å²) in [7, 11) is 5.55. The first-order valence-corrected chi connectivity index (χ1v) is 10.9. The lowest BCUT2D eigenvalue weighted by Crippen LogP contribution is -2.25. The Hall–Kier alpha value is -3.01. The molecule has 11 heteroatoms. The summed E-state index contributed by atoms with van der Waals surface area (Å²) in [5.74, 6) is -0.394. The molecule has 0 unspecified atom stereocenters. The van der Waals surface area contributed by atoms with Gasteiger partial charge in [0.25, 0.3) is 0 Å². The summed E-state index contributed by atoms with van der Waals surface area (Å²) < 4.78 is 32.5. The van der Waals surface area contributed by atoms with Crippen molar-refractivity contribution < 1.29 is 18.3 Å². The number of unbranched alkanes of at least 4 members (excludes halogenated alkanes) is 3. The number of aliphatic imine (C=N–C) groups is 1. The molecule has 2 rings (SSSR count). The lowest BCUT2D eigenvalue weighted by molar-refractivity contribution is 0.143. The average molecular weight is 483 g/mol. The van der Waals surface area contributed by atoms with Gasteiger partial charge < -0.3 is 20.3 Å². The number of aromatic nitrogens is 2. The Kier molecular flexibility index (Phi) is 10.2. The Bertz CT molecular complexity index is 988. The number of alkyl carbamates (subject to hydrolysis) is 1. The molecule has 0 aliphatic heterocycles. The number of halogens is 3. The first-order valence-electron chi connectivity index (χ1n) is 10.5. The summed E-state index contributed by atoms with van der Waals surface area (Å²) in [5.41, 5.74) is 1.18. The van der Waals surface area contributed by atoms with Gasteiger partial charge in [-0.3, -0.25) is 4.99 Å². The first kappa shape index (κ1) is 26.2. The Balaban J connectivity index is 1.68. The highest BCUT2D eigenvalue weighted by Crippen LogP contribution is 2.27. The fourth-order valence-electron chi connectivity index (χ4n) is 2.86. The minimum absolute atomic E-state index is 0.201. The quantitative estimate of drug-likeness (QED) is 0.265. The van der Waals surface area contributed by atoms with Crippen molar-refractivity contribution in [2.45, 2.75) is 39.2 Å². The zero-order valence-electron chi connectivity index (χ0n) is 19.2. The standard InChI is InChI=1S/C22H29ClF2N6O2/c1-14-19(20(26-2)30-21(29-14)31(3)4)27-11-7-5-6-8-12-33-22(32)28-13-15-17(24)10-9-16(23)18(15)25/h9-11H,5-8,12-13H2,1-4H3,(H,28,32)(H,26,29,30)/b27-11-. The van der Waals surface area contributed by atoms with Crippen LogP contribution in [0.1, 0.15) is 36.9 Å². The number of rotatable bonds is 11. The molecule has 180 valence electrons. The monoisotopic (exact) mass is 482 g/mol. The number of carbonyl (C=O) groups excluding carboxylic acids is 1. The van der Waals surface area contributed by atoms with Crippen LogP contribution in [0.5, 0.6) is 0 Å². The summed E-state index contributed by atoms with van der Waals surface area (Å²) in [6.07, 6.45) is 4.17. The van der Waals surface area contributed by atoms with Crippen LogP contribution in [-0.4, -0.2) is 50.0 Å². The molecule has 0 radical (unpaired) electrons. The largest absolute Gasteiger partial charge is 0.450 e. The van der Waals surface area contributed by atoms with Gasteiger partial charge in [0.05, 0.1) is 23.9 Å². The van der Waals surface area contributed by atoms with E-state index in [9.17, 15) is 13.6 Å². The number of nitrogens with zero attached hydrogens (tertiary/aromatic N) is 4. The van der Waals surface area contributed by atoms with Gasteiger partial charge in [0.2, 0.25) is 5.95 Å². The van der Waals surface area contributed by atoms with Crippen molar-refractivity contribution in [1.82, 2.24) is 15.3 Å². The molecule has 8 nitrogen and oxygen atoms in total. The smallest absolute Gasteiger partial charge is 0.407 e. The zero-order chi connectivity index (χ0) is 24.4. The summed E-state index contributed by atoms with van der Waals surface area (Å²) in [6, 6.07) is 2.16. The fourth-order valence-corrected chi connectivity index (χ4v) is 3.04. The maximum atomic E-state index is 13.8. The van der Waals surface area contributed by atoms with Gasteiger partial charge >= 0.3 is 6.09 Å². The minimum atomic E-state index is -0.893. The molecular formula is C22H29ClF2N6O2. The summed E-state index contributed by atoms with van der Waals surface area (Å²) >= 11 is 5.62.